The summed E-state index contributed by atoms with van der Waals surface area (Å²) in [5.74, 6) is 0.477. The highest BCUT2D eigenvalue weighted by molar-refractivity contribution is 6.05. The zero-order valence-corrected chi connectivity index (χ0v) is 19.8. The van der Waals surface area contributed by atoms with Gasteiger partial charge in [0.2, 0.25) is 5.91 Å². The molecular formula is C28H30N2O3. The van der Waals surface area contributed by atoms with Gasteiger partial charge in [-0.05, 0) is 52.9 Å². The van der Waals surface area contributed by atoms with E-state index in [0.717, 1.165) is 22.6 Å². The van der Waals surface area contributed by atoms with Crippen LogP contribution in [0.2, 0.25) is 0 Å². The first-order chi connectivity index (χ1) is 15.8. The fourth-order valence-corrected chi connectivity index (χ4v) is 4.58. The second-order valence-corrected chi connectivity index (χ2v) is 8.84. The number of nitrogens with zero attached hydrogens (tertiary/aromatic N) is 2. The molecule has 1 heterocycles. The third-order valence-corrected chi connectivity index (χ3v) is 6.58. The molecule has 2 amide bonds. The summed E-state index contributed by atoms with van der Waals surface area (Å²) in [4.78, 5) is 30.6. The molecule has 33 heavy (non-hydrogen) atoms. The Hall–Kier alpha value is -3.60. The Kier molecular flexibility index (Phi) is 6.23. The van der Waals surface area contributed by atoms with Crippen molar-refractivity contribution in [2.24, 2.45) is 0 Å². The monoisotopic (exact) mass is 442 g/mol. The molecule has 1 aliphatic rings. The van der Waals surface area contributed by atoms with Crippen LogP contribution in [-0.2, 0) is 4.79 Å². The zero-order chi connectivity index (χ0) is 23.7. The van der Waals surface area contributed by atoms with Crippen LogP contribution in [0, 0.1) is 0 Å². The Morgan fingerprint density at radius 3 is 2.21 bits per heavy atom. The average molecular weight is 443 g/mol. The molecule has 0 aromatic heterocycles. The van der Waals surface area contributed by atoms with Crippen LogP contribution < -0.4 is 9.64 Å². The number of ether oxygens (including phenoxy) is 1. The second kappa shape index (κ2) is 9.10. The summed E-state index contributed by atoms with van der Waals surface area (Å²) in [5, 5.41) is 0. The van der Waals surface area contributed by atoms with E-state index in [1.807, 2.05) is 54.6 Å². The Morgan fingerprint density at radius 1 is 0.970 bits per heavy atom. The Bertz CT molecular complexity index is 1150. The summed E-state index contributed by atoms with van der Waals surface area (Å²) in [6.45, 7) is 4.30. The number of benzene rings is 3. The summed E-state index contributed by atoms with van der Waals surface area (Å²) in [6.07, 6.45) is 0. The largest absolute Gasteiger partial charge is 0.497 e. The predicted octanol–water partition coefficient (Wildman–Crippen LogP) is 5.39. The molecule has 3 aromatic rings. The number of rotatable bonds is 5. The molecule has 0 saturated carbocycles. The van der Waals surface area contributed by atoms with Gasteiger partial charge < -0.3 is 14.5 Å². The normalized spacial score (nSPS) is 17.6. The SMILES string of the molecule is COc1ccc([C@H]2[C@@H](C(=O)N(C)c3ccc(C(C)C)cc3)c3ccccc3C(=O)N2C)cc1. The van der Waals surface area contributed by atoms with Gasteiger partial charge in [0.15, 0.2) is 0 Å². The Balaban J connectivity index is 1.78. The molecule has 5 heteroatoms. The van der Waals surface area contributed by atoms with Gasteiger partial charge in [-0.1, -0.05) is 56.3 Å². The van der Waals surface area contributed by atoms with Crippen molar-refractivity contribution in [3.63, 3.8) is 0 Å². The average Bonchev–Trinajstić information content (AvgIpc) is 2.85. The molecule has 0 unspecified atom stereocenters. The molecule has 0 saturated heterocycles. The third-order valence-electron chi connectivity index (χ3n) is 6.58. The topological polar surface area (TPSA) is 49.9 Å². The number of likely N-dealkylation sites (N-methyl/N-ethyl adjacent to an activating group) is 2. The van der Waals surface area contributed by atoms with Crippen LogP contribution in [0.4, 0.5) is 5.69 Å². The minimum atomic E-state index is -0.535. The van der Waals surface area contributed by atoms with Gasteiger partial charge in [0, 0.05) is 25.3 Å². The number of amides is 2. The number of carbonyl (C=O) groups is 2. The summed E-state index contributed by atoms with van der Waals surface area (Å²) >= 11 is 0. The standard InChI is InChI=1S/C28H30N2O3/c1-18(2)19-10-14-21(15-11-19)29(3)28(32)25-23-8-6-7-9-24(23)27(31)30(4)26(25)20-12-16-22(33-5)17-13-20/h6-18,25-26H,1-5H3/t25-,26-/m0/s1. The van der Waals surface area contributed by atoms with Crippen molar-refractivity contribution in [3.8, 4) is 5.75 Å². The van der Waals surface area contributed by atoms with Gasteiger partial charge in [-0.2, -0.15) is 0 Å². The van der Waals surface area contributed by atoms with E-state index in [2.05, 4.69) is 26.0 Å². The fourth-order valence-electron chi connectivity index (χ4n) is 4.58. The van der Waals surface area contributed by atoms with Crippen LogP contribution in [0.3, 0.4) is 0 Å². The van der Waals surface area contributed by atoms with E-state index in [9.17, 15) is 9.59 Å². The van der Waals surface area contributed by atoms with E-state index in [4.69, 9.17) is 4.74 Å². The molecule has 170 valence electrons. The van der Waals surface area contributed by atoms with Crippen LogP contribution in [0.15, 0.2) is 72.8 Å². The van der Waals surface area contributed by atoms with Crippen molar-refractivity contribution in [2.45, 2.75) is 31.7 Å². The smallest absolute Gasteiger partial charge is 0.254 e. The van der Waals surface area contributed by atoms with E-state index in [1.165, 1.54) is 5.56 Å². The van der Waals surface area contributed by atoms with Crippen molar-refractivity contribution in [2.75, 3.05) is 26.1 Å². The first-order valence-electron chi connectivity index (χ1n) is 11.2. The summed E-state index contributed by atoms with van der Waals surface area (Å²) in [5.41, 5.74) is 4.28. The highest BCUT2D eigenvalue weighted by atomic mass is 16.5. The molecule has 0 fully saturated rings. The zero-order valence-electron chi connectivity index (χ0n) is 19.8. The van der Waals surface area contributed by atoms with Gasteiger partial charge in [-0.3, -0.25) is 9.59 Å². The molecule has 0 spiro atoms. The molecule has 0 bridgehead atoms. The molecule has 3 aromatic carbocycles. The quantitative estimate of drug-likeness (QED) is 0.532. The molecule has 5 nitrogen and oxygen atoms in total. The first kappa shape index (κ1) is 22.6. The highest BCUT2D eigenvalue weighted by Crippen LogP contribution is 2.43. The molecular weight excluding hydrogens is 412 g/mol. The van der Waals surface area contributed by atoms with Crippen LogP contribution in [0.5, 0.6) is 5.75 Å². The number of anilines is 1. The van der Waals surface area contributed by atoms with Gasteiger partial charge in [0.25, 0.3) is 5.91 Å². The van der Waals surface area contributed by atoms with Crippen molar-refractivity contribution < 1.29 is 14.3 Å². The van der Waals surface area contributed by atoms with Gasteiger partial charge >= 0.3 is 0 Å². The van der Waals surface area contributed by atoms with Crippen molar-refractivity contribution in [1.82, 2.24) is 4.90 Å². The number of hydrogen-bond acceptors (Lipinski definition) is 3. The maximum atomic E-state index is 14.0. The lowest BCUT2D eigenvalue weighted by Gasteiger charge is -2.41. The predicted molar refractivity (Wildman–Crippen MR) is 131 cm³/mol. The lowest BCUT2D eigenvalue weighted by Crippen LogP contribution is -2.46. The van der Waals surface area contributed by atoms with E-state index in [-0.39, 0.29) is 11.8 Å². The molecule has 4 rings (SSSR count). The fraction of sp³-hybridized carbons (Fsp3) is 0.286. The maximum Gasteiger partial charge on any atom is 0.254 e. The van der Waals surface area contributed by atoms with E-state index in [1.54, 1.807) is 37.1 Å². The molecule has 1 aliphatic heterocycles. The van der Waals surface area contributed by atoms with Gasteiger partial charge in [0.1, 0.15) is 5.75 Å². The highest BCUT2D eigenvalue weighted by Gasteiger charge is 2.43. The van der Waals surface area contributed by atoms with Gasteiger partial charge in [-0.25, -0.2) is 0 Å². The molecule has 0 aliphatic carbocycles. The van der Waals surface area contributed by atoms with Crippen LogP contribution in [-0.4, -0.2) is 37.9 Å². The lowest BCUT2D eigenvalue weighted by atomic mass is 9.79. The van der Waals surface area contributed by atoms with E-state index in [0.29, 0.717) is 11.5 Å². The number of hydrogen-bond donors (Lipinski definition) is 0. The minimum Gasteiger partial charge on any atom is -0.497 e. The Morgan fingerprint density at radius 2 is 1.61 bits per heavy atom. The van der Waals surface area contributed by atoms with Crippen LogP contribution >= 0.6 is 0 Å². The Labute approximate surface area is 195 Å². The number of fused-ring (bicyclic) bond motifs is 1. The van der Waals surface area contributed by atoms with Crippen molar-refractivity contribution in [3.05, 3.63) is 95.1 Å². The summed E-state index contributed by atoms with van der Waals surface area (Å²) < 4.78 is 5.30. The van der Waals surface area contributed by atoms with Crippen molar-refractivity contribution >= 4 is 17.5 Å². The van der Waals surface area contributed by atoms with Gasteiger partial charge in [0.05, 0.1) is 19.1 Å². The minimum absolute atomic E-state index is 0.0556. The number of methoxy groups -OCH3 is 1. The van der Waals surface area contributed by atoms with Crippen molar-refractivity contribution in [1.29, 1.82) is 0 Å². The van der Waals surface area contributed by atoms with Crippen LogP contribution in [0.25, 0.3) is 0 Å². The lowest BCUT2D eigenvalue weighted by molar-refractivity contribution is -0.121. The molecule has 0 N–H and O–H groups in total. The molecule has 2 atom stereocenters. The summed E-state index contributed by atoms with van der Waals surface area (Å²) in [6, 6.07) is 22.7. The maximum absolute atomic E-state index is 14.0. The van der Waals surface area contributed by atoms with Gasteiger partial charge in [-0.15, -0.1) is 0 Å². The third kappa shape index (κ3) is 4.11. The second-order valence-electron chi connectivity index (χ2n) is 8.84. The first-order valence-corrected chi connectivity index (χ1v) is 11.2. The summed E-state index contributed by atoms with van der Waals surface area (Å²) in [7, 11) is 5.19. The molecule has 0 radical (unpaired) electrons. The van der Waals surface area contributed by atoms with Crippen LogP contribution in [0.1, 0.15) is 58.8 Å². The van der Waals surface area contributed by atoms with E-state index < -0.39 is 12.0 Å². The number of carbonyl (C=O) groups excluding carboxylic acids is 2. The van der Waals surface area contributed by atoms with E-state index >= 15 is 0 Å².